The van der Waals surface area contributed by atoms with Crippen molar-refractivity contribution in [2.24, 2.45) is 0 Å². The summed E-state index contributed by atoms with van der Waals surface area (Å²) in [6.07, 6.45) is -0.809. The van der Waals surface area contributed by atoms with Gasteiger partial charge in [-0.05, 0) is 25.0 Å². The predicted molar refractivity (Wildman–Crippen MR) is 61.5 cm³/mol. The maximum Gasteiger partial charge on any atom is 0.104 e. The SMILES string of the molecule is C=C(C)[C@@H](OCc1ccccc1)[C@H](C)O. The molecule has 0 fully saturated rings. The van der Waals surface area contributed by atoms with Crippen molar-refractivity contribution in [1.29, 1.82) is 0 Å². The van der Waals surface area contributed by atoms with Crippen molar-refractivity contribution < 1.29 is 9.84 Å². The lowest BCUT2D eigenvalue weighted by molar-refractivity contribution is -0.0162. The Morgan fingerprint density at radius 2 is 2.00 bits per heavy atom. The van der Waals surface area contributed by atoms with E-state index < -0.39 is 6.10 Å². The molecule has 0 aliphatic rings. The van der Waals surface area contributed by atoms with E-state index in [4.69, 9.17) is 4.74 Å². The predicted octanol–water partition coefficient (Wildman–Crippen LogP) is 2.53. The molecule has 0 aromatic heterocycles. The first-order chi connectivity index (χ1) is 7.11. The molecule has 0 unspecified atom stereocenters. The quantitative estimate of drug-likeness (QED) is 0.750. The zero-order valence-electron chi connectivity index (χ0n) is 9.31. The van der Waals surface area contributed by atoms with Crippen LogP contribution < -0.4 is 0 Å². The molecule has 2 atom stereocenters. The van der Waals surface area contributed by atoms with E-state index in [1.807, 2.05) is 37.3 Å². The van der Waals surface area contributed by atoms with E-state index in [0.29, 0.717) is 6.61 Å². The molecule has 0 aliphatic heterocycles. The first-order valence-electron chi connectivity index (χ1n) is 5.10. The molecule has 0 radical (unpaired) electrons. The Morgan fingerprint density at radius 3 is 2.47 bits per heavy atom. The molecule has 0 aliphatic carbocycles. The minimum Gasteiger partial charge on any atom is -0.390 e. The molecule has 2 nitrogen and oxygen atoms in total. The normalized spacial score (nSPS) is 14.6. The highest BCUT2D eigenvalue weighted by Crippen LogP contribution is 2.12. The van der Waals surface area contributed by atoms with Crippen molar-refractivity contribution >= 4 is 0 Å². The summed E-state index contributed by atoms with van der Waals surface area (Å²) in [7, 11) is 0. The average molecular weight is 206 g/mol. The largest absolute Gasteiger partial charge is 0.390 e. The van der Waals surface area contributed by atoms with Gasteiger partial charge in [-0.3, -0.25) is 0 Å². The molecule has 1 aromatic carbocycles. The van der Waals surface area contributed by atoms with Crippen molar-refractivity contribution in [1.82, 2.24) is 0 Å². The molecule has 2 heteroatoms. The third-order valence-corrected chi connectivity index (χ3v) is 2.20. The highest BCUT2D eigenvalue weighted by atomic mass is 16.5. The van der Waals surface area contributed by atoms with Crippen LogP contribution in [0.1, 0.15) is 19.4 Å². The number of aliphatic hydroxyl groups is 1. The van der Waals surface area contributed by atoms with Crippen LogP contribution in [0.5, 0.6) is 0 Å². The molecule has 0 saturated heterocycles. The molecule has 1 aromatic rings. The number of ether oxygens (including phenoxy) is 1. The van der Waals surface area contributed by atoms with Gasteiger partial charge in [0.2, 0.25) is 0 Å². The molecule has 0 saturated carbocycles. The summed E-state index contributed by atoms with van der Waals surface area (Å²) in [6, 6.07) is 9.90. The highest BCUT2D eigenvalue weighted by Gasteiger charge is 2.15. The van der Waals surface area contributed by atoms with Gasteiger partial charge in [0, 0.05) is 0 Å². The van der Waals surface area contributed by atoms with E-state index in [1.54, 1.807) is 6.92 Å². The number of hydrogen-bond donors (Lipinski definition) is 1. The van der Waals surface area contributed by atoms with Gasteiger partial charge in [0.25, 0.3) is 0 Å². The number of aliphatic hydroxyl groups excluding tert-OH is 1. The van der Waals surface area contributed by atoms with Crippen LogP contribution in [0.2, 0.25) is 0 Å². The first kappa shape index (κ1) is 12.0. The Labute approximate surface area is 91.2 Å². The second-order valence-corrected chi connectivity index (χ2v) is 3.80. The second kappa shape index (κ2) is 5.69. The molecule has 0 heterocycles. The van der Waals surface area contributed by atoms with Crippen LogP contribution in [-0.4, -0.2) is 17.3 Å². The minimum absolute atomic E-state index is 0.287. The molecule has 0 bridgehead atoms. The molecule has 0 amide bonds. The van der Waals surface area contributed by atoms with Gasteiger partial charge < -0.3 is 9.84 Å². The zero-order valence-corrected chi connectivity index (χ0v) is 9.31. The topological polar surface area (TPSA) is 29.5 Å². The van der Waals surface area contributed by atoms with Crippen LogP contribution in [-0.2, 0) is 11.3 Å². The molecule has 15 heavy (non-hydrogen) atoms. The maximum atomic E-state index is 9.47. The van der Waals surface area contributed by atoms with Crippen LogP contribution in [0.4, 0.5) is 0 Å². The second-order valence-electron chi connectivity index (χ2n) is 3.80. The van der Waals surface area contributed by atoms with Gasteiger partial charge in [0.05, 0.1) is 12.7 Å². The van der Waals surface area contributed by atoms with E-state index >= 15 is 0 Å². The Bertz CT molecular complexity index is 304. The van der Waals surface area contributed by atoms with Gasteiger partial charge in [-0.1, -0.05) is 36.9 Å². The van der Waals surface area contributed by atoms with E-state index in [-0.39, 0.29) is 6.10 Å². The van der Waals surface area contributed by atoms with Crippen molar-refractivity contribution in [2.45, 2.75) is 32.7 Å². The van der Waals surface area contributed by atoms with E-state index in [0.717, 1.165) is 11.1 Å². The molecule has 1 N–H and O–H groups in total. The van der Waals surface area contributed by atoms with Crippen LogP contribution in [0.25, 0.3) is 0 Å². The fraction of sp³-hybridized carbons (Fsp3) is 0.385. The lowest BCUT2D eigenvalue weighted by atomic mass is 10.1. The average Bonchev–Trinajstić information content (AvgIpc) is 2.18. The third kappa shape index (κ3) is 3.86. The van der Waals surface area contributed by atoms with Gasteiger partial charge in [-0.2, -0.15) is 0 Å². The summed E-state index contributed by atoms with van der Waals surface area (Å²) in [5.41, 5.74) is 1.95. The lowest BCUT2D eigenvalue weighted by Crippen LogP contribution is -2.27. The van der Waals surface area contributed by atoms with Crippen LogP contribution in [0.3, 0.4) is 0 Å². The summed E-state index contributed by atoms with van der Waals surface area (Å²) in [5.74, 6) is 0. The van der Waals surface area contributed by atoms with Gasteiger partial charge in [0.1, 0.15) is 6.10 Å². The Hall–Kier alpha value is -1.12. The Balaban J connectivity index is 2.51. The highest BCUT2D eigenvalue weighted by molar-refractivity contribution is 5.13. The third-order valence-electron chi connectivity index (χ3n) is 2.20. The van der Waals surface area contributed by atoms with Crippen molar-refractivity contribution in [3.63, 3.8) is 0 Å². The summed E-state index contributed by atoms with van der Waals surface area (Å²) in [6.45, 7) is 7.88. The van der Waals surface area contributed by atoms with Crippen LogP contribution >= 0.6 is 0 Å². The molecular weight excluding hydrogens is 188 g/mol. The molecular formula is C13H18O2. The fourth-order valence-electron chi connectivity index (χ4n) is 1.45. The lowest BCUT2D eigenvalue weighted by Gasteiger charge is -2.20. The standard InChI is InChI=1S/C13H18O2/c1-10(2)13(11(3)14)15-9-12-7-5-4-6-8-12/h4-8,11,13-14H,1,9H2,2-3H3/t11-,13+/m0/s1. The number of benzene rings is 1. The molecule has 82 valence electrons. The van der Waals surface area contributed by atoms with Gasteiger partial charge in [-0.15, -0.1) is 0 Å². The summed E-state index contributed by atoms with van der Waals surface area (Å²) >= 11 is 0. The van der Waals surface area contributed by atoms with E-state index in [9.17, 15) is 5.11 Å². The van der Waals surface area contributed by atoms with Gasteiger partial charge >= 0.3 is 0 Å². The van der Waals surface area contributed by atoms with Crippen LogP contribution in [0.15, 0.2) is 42.5 Å². The van der Waals surface area contributed by atoms with Crippen molar-refractivity contribution in [2.75, 3.05) is 0 Å². The van der Waals surface area contributed by atoms with Crippen LogP contribution in [0, 0.1) is 0 Å². The van der Waals surface area contributed by atoms with Crippen molar-refractivity contribution in [3.8, 4) is 0 Å². The summed E-state index contributed by atoms with van der Waals surface area (Å²) < 4.78 is 5.60. The van der Waals surface area contributed by atoms with Gasteiger partial charge in [-0.25, -0.2) is 0 Å². The maximum absolute atomic E-state index is 9.47. The first-order valence-corrected chi connectivity index (χ1v) is 5.10. The van der Waals surface area contributed by atoms with E-state index in [2.05, 4.69) is 6.58 Å². The smallest absolute Gasteiger partial charge is 0.104 e. The number of hydrogen-bond acceptors (Lipinski definition) is 2. The zero-order chi connectivity index (χ0) is 11.3. The van der Waals surface area contributed by atoms with Gasteiger partial charge in [0.15, 0.2) is 0 Å². The van der Waals surface area contributed by atoms with Crippen molar-refractivity contribution in [3.05, 3.63) is 48.0 Å². The van der Waals surface area contributed by atoms with E-state index in [1.165, 1.54) is 0 Å². The number of rotatable bonds is 5. The Morgan fingerprint density at radius 1 is 1.40 bits per heavy atom. The molecule has 1 rings (SSSR count). The minimum atomic E-state index is -0.522. The summed E-state index contributed by atoms with van der Waals surface area (Å²) in [5, 5.41) is 9.47. The Kier molecular flexibility index (Phi) is 4.53. The fourth-order valence-corrected chi connectivity index (χ4v) is 1.45. The summed E-state index contributed by atoms with van der Waals surface area (Å²) in [4.78, 5) is 0. The molecule has 0 spiro atoms. The monoisotopic (exact) mass is 206 g/mol.